The quantitative estimate of drug-likeness (QED) is 0.179. The van der Waals surface area contributed by atoms with Crippen molar-refractivity contribution in [2.75, 3.05) is 36.6 Å². The lowest BCUT2D eigenvalue weighted by Gasteiger charge is -2.17. The predicted octanol–water partition coefficient (Wildman–Crippen LogP) is 4.75. The van der Waals surface area contributed by atoms with Gasteiger partial charge >= 0.3 is 0 Å². The van der Waals surface area contributed by atoms with Gasteiger partial charge < -0.3 is 26.0 Å². The Morgan fingerprint density at radius 1 is 1.05 bits per heavy atom. The molecule has 0 spiro atoms. The van der Waals surface area contributed by atoms with Gasteiger partial charge in [0.05, 0.1) is 5.69 Å². The number of aliphatic hydroxyl groups excluding tert-OH is 1. The molecule has 1 amide bonds. The van der Waals surface area contributed by atoms with Gasteiger partial charge in [0, 0.05) is 59.4 Å². The van der Waals surface area contributed by atoms with E-state index in [4.69, 9.17) is 0 Å². The van der Waals surface area contributed by atoms with Crippen LogP contribution in [0.5, 0.6) is 0 Å². The van der Waals surface area contributed by atoms with Crippen LogP contribution in [0.25, 0.3) is 11.3 Å². The average molecular weight is 510 g/mol. The lowest BCUT2D eigenvalue weighted by molar-refractivity contribution is -0.111. The van der Waals surface area contributed by atoms with Crippen molar-refractivity contribution in [3.8, 4) is 11.3 Å². The minimum Gasteiger partial charge on any atom is -0.369 e. The van der Waals surface area contributed by atoms with Gasteiger partial charge in [-0.3, -0.25) is 9.78 Å². The second kappa shape index (κ2) is 12.6. The van der Waals surface area contributed by atoms with Crippen molar-refractivity contribution in [3.63, 3.8) is 0 Å². The standard InChI is InChI=1S/C29H31N7O2/c1-20-17-24(11-12-25(20)34-29-31-15-13-26(35-29)22-8-5-14-30-19-22)33-28(38)21-7-4-9-23(18-21)32-27(37)10-6-16-36(2)3/h4-15,17-19,28,33,38H,16H2,1-3H3,(H,32,37)(H,31,34,35). The Morgan fingerprint density at radius 2 is 1.92 bits per heavy atom. The Hall–Kier alpha value is -4.60. The largest absolute Gasteiger partial charge is 0.369 e. The summed E-state index contributed by atoms with van der Waals surface area (Å²) in [4.78, 5) is 27.2. The first-order valence-corrected chi connectivity index (χ1v) is 12.2. The molecule has 4 aromatic rings. The maximum absolute atomic E-state index is 12.1. The molecule has 0 saturated heterocycles. The number of nitrogens with zero attached hydrogens (tertiary/aromatic N) is 4. The maximum atomic E-state index is 12.1. The molecule has 2 heterocycles. The molecule has 2 aromatic heterocycles. The van der Waals surface area contributed by atoms with Crippen molar-refractivity contribution in [2.45, 2.75) is 13.2 Å². The van der Waals surface area contributed by atoms with Gasteiger partial charge in [0.1, 0.15) is 0 Å². The lowest BCUT2D eigenvalue weighted by atomic mass is 10.1. The zero-order chi connectivity index (χ0) is 26.9. The van der Waals surface area contributed by atoms with Crippen LogP contribution in [0.4, 0.5) is 23.0 Å². The number of benzene rings is 2. The molecule has 9 nitrogen and oxygen atoms in total. The molecule has 194 valence electrons. The van der Waals surface area contributed by atoms with Crippen molar-refractivity contribution < 1.29 is 9.90 Å². The molecule has 0 bridgehead atoms. The molecular formula is C29H31N7O2. The number of hydrogen-bond donors (Lipinski definition) is 4. The first-order chi connectivity index (χ1) is 18.4. The number of aliphatic hydroxyl groups is 1. The van der Waals surface area contributed by atoms with Crippen LogP contribution in [-0.4, -0.2) is 51.5 Å². The highest BCUT2D eigenvalue weighted by Gasteiger charge is 2.11. The highest BCUT2D eigenvalue weighted by atomic mass is 16.3. The summed E-state index contributed by atoms with van der Waals surface area (Å²) in [6, 6.07) is 18.5. The van der Waals surface area contributed by atoms with Crippen molar-refractivity contribution in [1.82, 2.24) is 19.9 Å². The van der Waals surface area contributed by atoms with Gasteiger partial charge in [0.15, 0.2) is 6.23 Å². The summed E-state index contributed by atoms with van der Waals surface area (Å²) < 4.78 is 0. The van der Waals surface area contributed by atoms with Gasteiger partial charge in [-0.25, -0.2) is 9.97 Å². The molecular weight excluding hydrogens is 478 g/mol. The van der Waals surface area contributed by atoms with Crippen LogP contribution in [-0.2, 0) is 4.79 Å². The van der Waals surface area contributed by atoms with Crippen LogP contribution in [0.15, 0.2) is 91.4 Å². The smallest absolute Gasteiger partial charge is 0.248 e. The molecule has 2 aromatic carbocycles. The molecule has 0 aliphatic heterocycles. The maximum Gasteiger partial charge on any atom is 0.248 e. The Kier molecular flexibility index (Phi) is 8.76. The van der Waals surface area contributed by atoms with Crippen LogP contribution in [0, 0.1) is 6.92 Å². The normalized spacial score (nSPS) is 11.9. The highest BCUT2D eigenvalue weighted by molar-refractivity contribution is 5.99. The van der Waals surface area contributed by atoms with E-state index in [0.717, 1.165) is 28.2 Å². The van der Waals surface area contributed by atoms with E-state index in [1.54, 1.807) is 48.9 Å². The molecule has 0 aliphatic carbocycles. The third kappa shape index (κ3) is 7.45. The van der Waals surface area contributed by atoms with E-state index in [1.807, 2.05) is 62.3 Å². The van der Waals surface area contributed by atoms with E-state index in [-0.39, 0.29) is 5.91 Å². The molecule has 4 rings (SSSR count). The summed E-state index contributed by atoms with van der Waals surface area (Å²) in [6.45, 7) is 2.64. The third-order valence-corrected chi connectivity index (χ3v) is 5.60. The number of rotatable bonds is 10. The van der Waals surface area contributed by atoms with Crippen molar-refractivity contribution >= 4 is 28.9 Å². The van der Waals surface area contributed by atoms with Gasteiger partial charge in [-0.15, -0.1) is 0 Å². The monoisotopic (exact) mass is 509 g/mol. The number of amides is 1. The van der Waals surface area contributed by atoms with Crippen molar-refractivity contribution in [1.29, 1.82) is 0 Å². The summed E-state index contributed by atoms with van der Waals surface area (Å²) in [6.07, 6.45) is 7.51. The molecule has 1 unspecified atom stereocenters. The second-order valence-corrected chi connectivity index (χ2v) is 8.99. The number of carbonyl (C=O) groups is 1. The third-order valence-electron chi connectivity index (χ3n) is 5.60. The fourth-order valence-corrected chi connectivity index (χ4v) is 3.69. The summed E-state index contributed by atoms with van der Waals surface area (Å²) in [7, 11) is 3.87. The topological polar surface area (TPSA) is 115 Å². The van der Waals surface area contributed by atoms with Crippen molar-refractivity contribution in [2.24, 2.45) is 0 Å². The van der Waals surface area contributed by atoms with E-state index in [2.05, 4.69) is 30.9 Å². The SMILES string of the molecule is Cc1cc(NC(O)c2cccc(NC(=O)C=CCN(C)C)c2)ccc1Nc1nccc(-c2cccnc2)n1. The Labute approximate surface area is 222 Å². The first-order valence-electron chi connectivity index (χ1n) is 12.2. The molecule has 9 heteroatoms. The number of hydrogen-bond acceptors (Lipinski definition) is 8. The van der Waals surface area contributed by atoms with E-state index < -0.39 is 6.23 Å². The summed E-state index contributed by atoms with van der Waals surface area (Å²) >= 11 is 0. The Bertz CT molecular complexity index is 1410. The van der Waals surface area contributed by atoms with Crippen molar-refractivity contribution in [3.05, 3.63) is 103 Å². The van der Waals surface area contributed by atoms with Gasteiger partial charge in [0.25, 0.3) is 0 Å². The number of carbonyl (C=O) groups excluding carboxylic acids is 1. The number of likely N-dealkylation sites (N-methyl/N-ethyl adjacent to an activating group) is 1. The fraction of sp³-hybridized carbons (Fsp3) is 0.172. The number of aryl methyl sites for hydroxylation is 1. The average Bonchev–Trinajstić information content (AvgIpc) is 2.91. The Balaban J connectivity index is 1.39. The Morgan fingerprint density at radius 3 is 2.68 bits per heavy atom. The second-order valence-electron chi connectivity index (χ2n) is 8.99. The predicted molar refractivity (Wildman–Crippen MR) is 151 cm³/mol. The fourth-order valence-electron chi connectivity index (χ4n) is 3.69. The zero-order valence-electron chi connectivity index (χ0n) is 21.6. The minimum atomic E-state index is -0.964. The minimum absolute atomic E-state index is 0.222. The van der Waals surface area contributed by atoms with Crippen LogP contribution < -0.4 is 16.0 Å². The summed E-state index contributed by atoms with van der Waals surface area (Å²) in [5.41, 5.74) is 5.45. The number of pyridine rings is 1. The van der Waals surface area contributed by atoms with Gasteiger partial charge in [-0.05, 0) is 75.1 Å². The zero-order valence-corrected chi connectivity index (χ0v) is 21.6. The molecule has 0 aliphatic rings. The lowest BCUT2D eigenvalue weighted by Crippen LogP contribution is -2.13. The van der Waals surface area contributed by atoms with Gasteiger partial charge in [0.2, 0.25) is 11.9 Å². The van der Waals surface area contributed by atoms with Crippen LogP contribution in [0.3, 0.4) is 0 Å². The van der Waals surface area contributed by atoms with Crippen LogP contribution in [0.2, 0.25) is 0 Å². The molecule has 38 heavy (non-hydrogen) atoms. The molecule has 0 fully saturated rings. The van der Waals surface area contributed by atoms with Gasteiger partial charge in [-0.2, -0.15) is 0 Å². The molecule has 0 radical (unpaired) electrons. The molecule has 1 atom stereocenters. The van der Waals surface area contributed by atoms with E-state index in [9.17, 15) is 9.90 Å². The van der Waals surface area contributed by atoms with Crippen LogP contribution in [0.1, 0.15) is 17.4 Å². The molecule has 0 saturated carbocycles. The number of nitrogens with one attached hydrogen (secondary N) is 3. The van der Waals surface area contributed by atoms with Gasteiger partial charge in [-0.1, -0.05) is 18.2 Å². The highest BCUT2D eigenvalue weighted by Crippen LogP contribution is 2.26. The number of anilines is 4. The van der Waals surface area contributed by atoms with E-state index in [0.29, 0.717) is 23.7 Å². The van der Waals surface area contributed by atoms with Crippen LogP contribution >= 0.6 is 0 Å². The first kappa shape index (κ1) is 26.5. The summed E-state index contributed by atoms with van der Waals surface area (Å²) in [5.74, 6) is 0.255. The van der Waals surface area contributed by atoms with E-state index in [1.165, 1.54) is 6.08 Å². The molecule has 4 N–H and O–H groups in total. The van der Waals surface area contributed by atoms with E-state index >= 15 is 0 Å². The summed E-state index contributed by atoms with van der Waals surface area (Å²) in [5, 5.41) is 20.0. The number of aromatic nitrogens is 3.